The van der Waals surface area contributed by atoms with Crippen LogP contribution < -0.4 is 5.32 Å². The van der Waals surface area contributed by atoms with Gasteiger partial charge in [-0.15, -0.1) is 0 Å². The lowest BCUT2D eigenvalue weighted by Crippen LogP contribution is -2.40. The molecule has 0 amide bonds. The molecule has 2 rings (SSSR count). The van der Waals surface area contributed by atoms with Crippen LogP contribution in [0.15, 0.2) is 0 Å². The number of rotatable bonds is 4. The minimum absolute atomic E-state index is 0.570. The summed E-state index contributed by atoms with van der Waals surface area (Å²) in [6, 6.07) is 0.570. The van der Waals surface area contributed by atoms with Gasteiger partial charge in [0.25, 0.3) is 0 Å². The van der Waals surface area contributed by atoms with Gasteiger partial charge < -0.3 is 15.0 Å². The Morgan fingerprint density at radius 3 is 2.88 bits per heavy atom. The minimum Gasteiger partial charge on any atom is -0.379 e. The average Bonchev–Trinajstić information content (AvgIpc) is 2.67. The second-order valence-corrected chi connectivity index (χ2v) is 5.70. The molecule has 0 aromatic heterocycles. The highest BCUT2D eigenvalue weighted by atomic mass is 16.5. The van der Waals surface area contributed by atoms with Crippen molar-refractivity contribution in [2.45, 2.75) is 38.6 Å². The van der Waals surface area contributed by atoms with E-state index in [4.69, 9.17) is 4.74 Å². The number of nitrogens with zero attached hydrogens (tertiary/aromatic N) is 1. The quantitative estimate of drug-likeness (QED) is 0.810. The molecule has 0 aromatic carbocycles. The summed E-state index contributed by atoms with van der Waals surface area (Å²) in [5.41, 5.74) is 0. The van der Waals surface area contributed by atoms with Crippen LogP contribution in [0.25, 0.3) is 0 Å². The van der Waals surface area contributed by atoms with Gasteiger partial charge in [-0.1, -0.05) is 13.3 Å². The molecule has 100 valence electrons. The average molecular weight is 240 g/mol. The molecule has 2 aliphatic heterocycles. The summed E-state index contributed by atoms with van der Waals surface area (Å²) in [4.78, 5) is 2.67. The highest BCUT2D eigenvalue weighted by Gasteiger charge is 2.29. The Morgan fingerprint density at radius 1 is 1.24 bits per heavy atom. The molecule has 0 radical (unpaired) electrons. The number of likely N-dealkylation sites (tertiary alicyclic amines) is 1. The van der Waals surface area contributed by atoms with E-state index < -0.39 is 0 Å². The fourth-order valence-corrected chi connectivity index (χ4v) is 3.24. The van der Waals surface area contributed by atoms with Crippen molar-refractivity contribution < 1.29 is 4.74 Å². The van der Waals surface area contributed by atoms with Crippen LogP contribution in [0.5, 0.6) is 0 Å². The van der Waals surface area contributed by atoms with Gasteiger partial charge in [-0.25, -0.2) is 0 Å². The molecule has 3 unspecified atom stereocenters. The maximum atomic E-state index is 5.59. The van der Waals surface area contributed by atoms with Crippen LogP contribution in [-0.2, 0) is 4.74 Å². The van der Waals surface area contributed by atoms with Gasteiger partial charge in [0.15, 0.2) is 0 Å². The highest BCUT2D eigenvalue weighted by molar-refractivity contribution is 4.83. The SMILES string of the molecule is CCC1CCCN(CC2COCC2NC)CC1. The van der Waals surface area contributed by atoms with Crippen LogP contribution in [0.2, 0.25) is 0 Å². The van der Waals surface area contributed by atoms with Gasteiger partial charge >= 0.3 is 0 Å². The third kappa shape index (κ3) is 3.67. The summed E-state index contributed by atoms with van der Waals surface area (Å²) in [6.07, 6.45) is 5.58. The fourth-order valence-electron chi connectivity index (χ4n) is 3.24. The normalized spacial score (nSPS) is 36.0. The van der Waals surface area contributed by atoms with Crippen LogP contribution in [0.3, 0.4) is 0 Å². The standard InChI is InChI=1S/C14H28N2O/c1-3-12-5-4-7-16(8-6-12)9-13-10-17-11-14(13)15-2/h12-15H,3-11H2,1-2H3. The second kappa shape index (κ2) is 6.72. The largest absolute Gasteiger partial charge is 0.379 e. The lowest BCUT2D eigenvalue weighted by molar-refractivity contribution is 0.167. The van der Waals surface area contributed by atoms with Crippen molar-refractivity contribution in [3.63, 3.8) is 0 Å². The second-order valence-electron chi connectivity index (χ2n) is 5.70. The van der Waals surface area contributed by atoms with E-state index >= 15 is 0 Å². The van der Waals surface area contributed by atoms with E-state index in [9.17, 15) is 0 Å². The number of ether oxygens (including phenoxy) is 1. The molecule has 1 N–H and O–H groups in total. The van der Waals surface area contributed by atoms with Gasteiger partial charge in [0.05, 0.1) is 13.2 Å². The summed E-state index contributed by atoms with van der Waals surface area (Å²) in [5.74, 6) is 1.66. The van der Waals surface area contributed by atoms with E-state index in [1.54, 1.807) is 0 Å². The molecule has 2 heterocycles. The zero-order valence-corrected chi connectivity index (χ0v) is 11.5. The van der Waals surface area contributed by atoms with E-state index in [1.165, 1.54) is 45.3 Å². The predicted molar refractivity (Wildman–Crippen MR) is 71.2 cm³/mol. The molecular weight excluding hydrogens is 212 g/mol. The Hall–Kier alpha value is -0.120. The summed E-state index contributed by atoms with van der Waals surface area (Å²) < 4.78 is 5.59. The molecule has 0 aromatic rings. The molecule has 2 fully saturated rings. The van der Waals surface area contributed by atoms with Crippen LogP contribution in [0.1, 0.15) is 32.6 Å². The van der Waals surface area contributed by atoms with Gasteiger partial charge in [0.1, 0.15) is 0 Å². The van der Waals surface area contributed by atoms with Crippen molar-refractivity contribution >= 4 is 0 Å². The molecule has 0 bridgehead atoms. The monoisotopic (exact) mass is 240 g/mol. The first kappa shape index (κ1) is 13.3. The fraction of sp³-hybridized carbons (Fsp3) is 1.00. The minimum atomic E-state index is 0.570. The van der Waals surface area contributed by atoms with Gasteiger partial charge in [-0.05, 0) is 45.3 Å². The van der Waals surface area contributed by atoms with Crippen LogP contribution in [0, 0.1) is 11.8 Å². The number of likely N-dealkylation sites (N-methyl/N-ethyl adjacent to an activating group) is 1. The summed E-state index contributed by atoms with van der Waals surface area (Å²) in [5, 5.41) is 3.39. The summed E-state index contributed by atoms with van der Waals surface area (Å²) in [6.45, 7) is 7.99. The molecule has 0 aliphatic carbocycles. The molecular formula is C14H28N2O. The van der Waals surface area contributed by atoms with Crippen LogP contribution in [0.4, 0.5) is 0 Å². The Bertz CT molecular complexity index is 222. The molecule has 0 spiro atoms. The third-order valence-electron chi connectivity index (χ3n) is 4.58. The summed E-state index contributed by atoms with van der Waals surface area (Å²) >= 11 is 0. The van der Waals surface area contributed by atoms with Crippen LogP contribution >= 0.6 is 0 Å². The molecule has 2 saturated heterocycles. The first-order valence-electron chi connectivity index (χ1n) is 7.30. The molecule has 3 heteroatoms. The topological polar surface area (TPSA) is 24.5 Å². The molecule has 17 heavy (non-hydrogen) atoms. The third-order valence-corrected chi connectivity index (χ3v) is 4.58. The number of hydrogen-bond donors (Lipinski definition) is 1. The van der Waals surface area contributed by atoms with E-state index in [2.05, 4.69) is 24.2 Å². The van der Waals surface area contributed by atoms with E-state index in [0.717, 1.165) is 19.1 Å². The highest BCUT2D eigenvalue weighted by Crippen LogP contribution is 2.22. The number of hydrogen-bond acceptors (Lipinski definition) is 3. The number of nitrogens with one attached hydrogen (secondary N) is 1. The van der Waals surface area contributed by atoms with Crippen molar-refractivity contribution in [2.75, 3.05) is 39.9 Å². The van der Waals surface area contributed by atoms with Crippen molar-refractivity contribution in [3.05, 3.63) is 0 Å². The lowest BCUT2D eigenvalue weighted by Gasteiger charge is -2.26. The lowest BCUT2D eigenvalue weighted by atomic mass is 9.98. The molecule has 3 atom stereocenters. The van der Waals surface area contributed by atoms with Gasteiger partial charge in [-0.2, -0.15) is 0 Å². The molecule has 3 nitrogen and oxygen atoms in total. The Morgan fingerprint density at radius 2 is 2.12 bits per heavy atom. The maximum absolute atomic E-state index is 5.59. The van der Waals surface area contributed by atoms with Gasteiger partial charge in [0, 0.05) is 18.5 Å². The van der Waals surface area contributed by atoms with E-state index in [0.29, 0.717) is 12.0 Å². The smallest absolute Gasteiger partial charge is 0.0623 e. The Labute approximate surface area is 106 Å². The molecule has 2 aliphatic rings. The van der Waals surface area contributed by atoms with Crippen molar-refractivity contribution in [2.24, 2.45) is 11.8 Å². The van der Waals surface area contributed by atoms with E-state index in [1.807, 2.05) is 0 Å². The summed E-state index contributed by atoms with van der Waals surface area (Å²) in [7, 11) is 2.06. The Kier molecular flexibility index (Phi) is 5.26. The van der Waals surface area contributed by atoms with Crippen molar-refractivity contribution in [1.29, 1.82) is 0 Å². The maximum Gasteiger partial charge on any atom is 0.0623 e. The Balaban J connectivity index is 1.78. The first-order valence-corrected chi connectivity index (χ1v) is 7.30. The van der Waals surface area contributed by atoms with Crippen molar-refractivity contribution in [3.8, 4) is 0 Å². The zero-order valence-electron chi connectivity index (χ0n) is 11.5. The van der Waals surface area contributed by atoms with Crippen LogP contribution in [-0.4, -0.2) is 50.8 Å². The zero-order chi connectivity index (χ0) is 12.1. The predicted octanol–water partition coefficient (Wildman–Crippen LogP) is 1.73. The molecule has 0 saturated carbocycles. The first-order chi connectivity index (χ1) is 8.33. The van der Waals surface area contributed by atoms with Gasteiger partial charge in [0.2, 0.25) is 0 Å². The van der Waals surface area contributed by atoms with E-state index in [-0.39, 0.29) is 0 Å². The van der Waals surface area contributed by atoms with Gasteiger partial charge in [-0.3, -0.25) is 0 Å². The van der Waals surface area contributed by atoms with Crippen molar-refractivity contribution in [1.82, 2.24) is 10.2 Å².